The van der Waals surface area contributed by atoms with Gasteiger partial charge in [0.1, 0.15) is 0 Å². The van der Waals surface area contributed by atoms with Crippen LogP contribution in [-0.2, 0) is 4.79 Å². The van der Waals surface area contributed by atoms with Crippen LogP contribution in [0.25, 0.3) is 0 Å². The summed E-state index contributed by atoms with van der Waals surface area (Å²) in [6.45, 7) is 1.93. The van der Waals surface area contributed by atoms with Gasteiger partial charge in [0.05, 0.1) is 0 Å². The zero-order valence-electron chi connectivity index (χ0n) is 9.38. The number of nitrogens with one attached hydrogen (secondary N) is 1. The highest BCUT2D eigenvalue weighted by molar-refractivity contribution is 7.10. The Morgan fingerprint density at radius 3 is 2.53 bits per heavy atom. The number of para-hydroxylation sites is 1. The second kappa shape index (κ2) is 5.01. The lowest BCUT2D eigenvalue weighted by Crippen LogP contribution is -2.20. The number of aryl methyl sites for hydroxylation is 1. The van der Waals surface area contributed by atoms with Crippen molar-refractivity contribution in [1.82, 2.24) is 0 Å². The summed E-state index contributed by atoms with van der Waals surface area (Å²) in [5, 5.41) is 14.2. The minimum Gasteiger partial charge on any atom is -0.479 e. The van der Waals surface area contributed by atoms with Gasteiger partial charge in [0.25, 0.3) is 0 Å². The summed E-state index contributed by atoms with van der Waals surface area (Å²) in [6, 6.07) is 10.6. The molecule has 0 spiro atoms. The summed E-state index contributed by atoms with van der Waals surface area (Å²) < 4.78 is 0. The van der Waals surface area contributed by atoms with Crippen molar-refractivity contribution in [3.05, 3.63) is 52.2 Å². The molecule has 3 nitrogen and oxygen atoms in total. The number of hydrogen-bond donors (Lipinski definition) is 2. The zero-order valence-corrected chi connectivity index (χ0v) is 10.2. The third-order valence-electron chi connectivity index (χ3n) is 2.50. The molecule has 0 aliphatic heterocycles. The molecule has 0 radical (unpaired) electrons. The summed E-state index contributed by atoms with van der Waals surface area (Å²) in [6.07, 6.45) is 0. The Morgan fingerprint density at radius 1 is 1.29 bits per heavy atom. The molecule has 0 saturated heterocycles. The van der Waals surface area contributed by atoms with Crippen LogP contribution in [0.2, 0.25) is 0 Å². The monoisotopic (exact) mass is 247 g/mol. The van der Waals surface area contributed by atoms with E-state index < -0.39 is 12.0 Å². The third kappa shape index (κ3) is 2.65. The van der Waals surface area contributed by atoms with Crippen LogP contribution in [0.1, 0.15) is 16.5 Å². The molecule has 0 aliphatic rings. The maximum absolute atomic E-state index is 11.3. The van der Waals surface area contributed by atoms with Gasteiger partial charge in [0.15, 0.2) is 6.04 Å². The first-order valence-electron chi connectivity index (χ1n) is 5.27. The number of anilines is 1. The van der Waals surface area contributed by atoms with Crippen molar-refractivity contribution in [2.75, 3.05) is 5.32 Å². The van der Waals surface area contributed by atoms with Gasteiger partial charge in [0.2, 0.25) is 0 Å². The van der Waals surface area contributed by atoms with E-state index in [1.54, 1.807) is 0 Å². The topological polar surface area (TPSA) is 49.3 Å². The van der Waals surface area contributed by atoms with Crippen LogP contribution in [0, 0.1) is 6.92 Å². The van der Waals surface area contributed by atoms with Gasteiger partial charge >= 0.3 is 5.97 Å². The predicted molar refractivity (Wildman–Crippen MR) is 69.5 cm³/mol. The lowest BCUT2D eigenvalue weighted by Gasteiger charge is -2.15. The van der Waals surface area contributed by atoms with Crippen molar-refractivity contribution in [1.29, 1.82) is 0 Å². The number of hydrogen-bond acceptors (Lipinski definition) is 3. The van der Waals surface area contributed by atoms with Crippen LogP contribution in [0.15, 0.2) is 41.8 Å². The lowest BCUT2D eigenvalue weighted by molar-refractivity contribution is -0.138. The molecule has 4 heteroatoms. The first-order valence-corrected chi connectivity index (χ1v) is 6.15. The predicted octanol–water partition coefficient (Wildman–Crippen LogP) is 3.29. The van der Waals surface area contributed by atoms with Crippen molar-refractivity contribution in [2.24, 2.45) is 0 Å². The van der Waals surface area contributed by atoms with Gasteiger partial charge in [-0.25, -0.2) is 4.79 Å². The number of aliphatic carboxylic acids is 1. The highest BCUT2D eigenvalue weighted by atomic mass is 32.1. The van der Waals surface area contributed by atoms with Gasteiger partial charge in [0, 0.05) is 10.6 Å². The number of carboxylic acids is 1. The zero-order chi connectivity index (χ0) is 12.3. The maximum Gasteiger partial charge on any atom is 0.331 e. The number of rotatable bonds is 4. The smallest absolute Gasteiger partial charge is 0.331 e. The molecule has 2 aromatic rings. The van der Waals surface area contributed by atoms with Crippen LogP contribution < -0.4 is 5.32 Å². The van der Waals surface area contributed by atoms with Gasteiger partial charge in [-0.15, -0.1) is 11.3 Å². The highest BCUT2D eigenvalue weighted by Gasteiger charge is 2.22. The summed E-state index contributed by atoms with van der Waals surface area (Å²) in [7, 11) is 0. The fourth-order valence-corrected chi connectivity index (χ4v) is 2.59. The first kappa shape index (κ1) is 11.7. The Hall–Kier alpha value is -1.81. The van der Waals surface area contributed by atoms with E-state index in [2.05, 4.69) is 5.32 Å². The Labute approximate surface area is 104 Å². The van der Waals surface area contributed by atoms with Gasteiger partial charge in [-0.2, -0.15) is 0 Å². The standard InChI is InChI=1S/C13H13NO2S/c1-9-7-8-17-12(9)11(13(15)16)14-10-5-3-2-4-6-10/h2-8,11,14H,1H3,(H,15,16). The molecule has 0 saturated carbocycles. The highest BCUT2D eigenvalue weighted by Crippen LogP contribution is 2.27. The van der Waals surface area contributed by atoms with E-state index in [1.807, 2.05) is 48.7 Å². The molecule has 2 rings (SSSR count). The fraction of sp³-hybridized carbons (Fsp3) is 0.154. The molecule has 0 fully saturated rings. The Balaban J connectivity index is 2.26. The molecule has 2 N–H and O–H groups in total. The largest absolute Gasteiger partial charge is 0.479 e. The van der Waals surface area contributed by atoms with Crippen molar-refractivity contribution in [3.63, 3.8) is 0 Å². The van der Waals surface area contributed by atoms with E-state index in [9.17, 15) is 9.90 Å². The van der Waals surface area contributed by atoms with Crippen molar-refractivity contribution in [2.45, 2.75) is 13.0 Å². The molecule has 1 aromatic heterocycles. The van der Waals surface area contributed by atoms with E-state index in [0.717, 1.165) is 16.1 Å². The molecular formula is C13H13NO2S. The maximum atomic E-state index is 11.3. The van der Waals surface area contributed by atoms with Crippen LogP contribution in [0.5, 0.6) is 0 Å². The van der Waals surface area contributed by atoms with Gasteiger partial charge in [-0.05, 0) is 36.1 Å². The summed E-state index contributed by atoms with van der Waals surface area (Å²) in [5.41, 5.74) is 1.82. The normalized spacial score (nSPS) is 12.1. The van der Waals surface area contributed by atoms with Crippen LogP contribution >= 0.6 is 11.3 Å². The Kier molecular flexibility index (Phi) is 3.44. The fourth-order valence-electron chi connectivity index (χ4n) is 1.62. The minimum absolute atomic E-state index is 0.683. The number of thiophene rings is 1. The average Bonchev–Trinajstić information content (AvgIpc) is 2.73. The molecule has 88 valence electrons. The van der Waals surface area contributed by atoms with E-state index >= 15 is 0 Å². The van der Waals surface area contributed by atoms with Gasteiger partial charge in [-0.1, -0.05) is 18.2 Å². The lowest BCUT2D eigenvalue weighted by atomic mass is 10.1. The van der Waals surface area contributed by atoms with E-state index in [-0.39, 0.29) is 0 Å². The quantitative estimate of drug-likeness (QED) is 0.871. The second-order valence-electron chi connectivity index (χ2n) is 3.75. The van der Waals surface area contributed by atoms with E-state index in [0.29, 0.717) is 0 Å². The summed E-state index contributed by atoms with van der Waals surface area (Å²) in [5.74, 6) is -0.862. The van der Waals surface area contributed by atoms with E-state index in [4.69, 9.17) is 0 Å². The second-order valence-corrected chi connectivity index (χ2v) is 4.70. The van der Waals surface area contributed by atoms with Crippen molar-refractivity contribution >= 4 is 23.0 Å². The van der Waals surface area contributed by atoms with Crippen LogP contribution in [-0.4, -0.2) is 11.1 Å². The first-order chi connectivity index (χ1) is 8.18. The summed E-state index contributed by atoms with van der Waals surface area (Å²) in [4.78, 5) is 12.1. The molecule has 1 aromatic carbocycles. The van der Waals surface area contributed by atoms with Crippen molar-refractivity contribution in [3.8, 4) is 0 Å². The molecule has 0 amide bonds. The number of carboxylic acid groups (broad SMARTS) is 1. The van der Waals surface area contributed by atoms with Crippen LogP contribution in [0.4, 0.5) is 5.69 Å². The Bertz CT molecular complexity index is 507. The molecule has 1 atom stereocenters. The molecular weight excluding hydrogens is 234 g/mol. The molecule has 0 bridgehead atoms. The average molecular weight is 247 g/mol. The van der Waals surface area contributed by atoms with Crippen LogP contribution in [0.3, 0.4) is 0 Å². The Morgan fingerprint density at radius 2 is 2.00 bits per heavy atom. The third-order valence-corrected chi connectivity index (χ3v) is 3.58. The van der Waals surface area contributed by atoms with Gasteiger partial charge < -0.3 is 10.4 Å². The molecule has 0 aliphatic carbocycles. The number of benzene rings is 1. The SMILES string of the molecule is Cc1ccsc1C(Nc1ccccc1)C(=O)O. The van der Waals surface area contributed by atoms with E-state index in [1.165, 1.54) is 11.3 Å². The molecule has 1 heterocycles. The van der Waals surface area contributed by atoms with Crippen molar-refractivity contribution < 1.29 is 9.90 Å². The minimum atomic E-state index is -0.862. The molecule has 17 heavy (non-hydrogen) atoms. The summed E-state index contributed by atoms with van der Waals surface area (Å²) >= 11 is 1.46. The number of carbonyl (C=O) groups is 1. The molecule has 1 unspecified atom stereocenters. The van der Waals surface area contributed by atoms with Gasteiger partial charge in [-0.3, -0.25) is 0 Å².